The largest absolute Gasteiger partial charge is 0.421 e. The van der Waals surface area contributed by atoms with E-state index in [1.54, 1.807) is 26.4 Å². The maximum absolute atomic E-state index is 14.4. The lowest BCUT2D eigenvalue weighted by Crippen LogP contribution is -2.46. The number of anilines is 2. The topological polar surface area (TPSA) is 118 Å². The third-order valence-electron chi connectivity index (χ3n) is 5.91. The van der Waals surface area contributed by atoms with Crippen LogP contribution in [0, 0.1) is 12.7 Å². The van der Waals surface area contributed by atoms with Gasteiger partial charge in [-0.1, -0.05) is 0 Å². The number of nitrogens with zero attached hydrogens (tertiary/aromatic N) is 5. The van der Waals surface area contributed by atoms with Crippen molar-refractivity contribution in [1.82, 2.24) is 24.9 Å². The summed E-state index contributed by atoms with van der Waals surface area (Å²) < 4.78 is 20.3. The molecule has 2 atom stereocenters. The smallest absolute Gasteiger partial charge is 0.326 e. The Balaban J connectivity index is 1.71. The van der Waals surface area contributed by atoms with E-state index in [-0.39, 0.29) is 23.9 Å². The van der Waals surface area contributed by atoms with Crippen LogP contribution < -0.4 is 20.7 Å². The highest BCUT2D eigenvalue weighted by Crippen LogP contribution is 2.38. The molecule has 4 heterocycles. The van der Waals surface area contributed by atoms with Crippen molar-refractivity contribution >= 4 is 33.4 Å². The first-order valence-electron chi connectivity index (χ1n) is 10.6. The molecular formula is C22H25FN8O. The van der Waals surface area contributed by atoms with Crippen LogP contribution in [-0.4, -0.2) is 50.6 Å². The average Bonchev–Trinajstić information content (AvgIpc) is 3.12. The number of fused-ring (bicyclic) bond motifs is 3. The number of nitrogens with two attached hydrogens (primary N) is 1. The number of hydrogen-bond acceptors (Lipinski definition) is 8. The normalized spacial score (nSPS) is 19.0. The molecule has 5 rings (SSSR count). The third kappa shape index (κ3) is 3.56. The molecule has 166 valence electrons. The molecule has 1 aliphatic heterocycles. The monoisotopic (exact) mass is 436 g/mol. The van der Waals surface area contributed by atoms with E-state index in [9.17, 15) is 4.39 Å². The highest BCUT2D eigenvalue weighted by atomic mass is 19.1. The fourth-order valence-corrected chi connectivity index (χ4v) is 4.34. The van der Waals surface area contributed by atoms with Gasteiger partial charge in [0.05, 0.1) is 29.0 Å². The number of ether oxygens (including phenoxy) is 1. The molecule has 1 fully saturated rings. The zero-order valence-corrected chi connectivity index (χ0v) is 18.2. The van der Waals surface area contributed by atoms with Crippen molar-refractivity contribution in [3.8, 4) is 11.8 Å². The molecule has 10 heteroatoms. The minimum absolute atomic E-state index is 0.148. The van der Waals surface area contributed by atoms with Crippen molar-refractivity contribution in [2.45, 2.75) is 38.8 Å². The van der Waals surface area contributed by atoms with Crippen LogP contribution in [0.25, 0.3) is 21.9 Å². The van der Waals surface area contributed by atoms with Crippen LogP contribution in [0.2, 0.25) is 0 Å². The van der Waals surface area contributed by atoms with Gasteiger partial charge in [-0.2, -0.15) is 9.97 Å². The Bertz CT molecular complexity index is 1290. The highest BCUT2D eigenvalue weighted by Gasteiger charge is 2.28. The van der Waals surface area contributed by atoms with E-state index < -0.39 is 0 Å². The van der Waals surface area contributed by atoms with E-state index in [2.05, 4.69) is 37.1 Å². The molecule has 4 aromatic rings. The molecule has 0 aliphatic carbocycles. The van der Waals surface area contributed by atoms with E-state index in [1.807, 2.05) is 0 Å². The van der Waals surface area contributed by atoms with Crippen LogP contribution in [0.1, 0.15) is 25.6 Å². The predicted octanol–water partition coefficient (Wildman–Crippen LogP) is 3.50. The van der Waals surface area contributed by atoms with Gasteiger partial charge in [-0.05, 0) is 38.8 Å². The number of piperidine rings is 1. The highest BCUT2D eigenvalue weighted by molar-refractivity contribution is 6.14. The van der Waals surface area contributed by atoms with Crippen molar-refractivity contribution in [2.75, 3.05) is 23.8 Å². The second-order valence-corrected chi connectivity index (χ2v) is 8.20. The summed E-state index contributed by atoms with van der Waals surface area (Å²) in [5, 5.41) is 4.52. The van der Waals surface area contributed by atoms with Crippen LogP contribution in [0.4, 0.5) is 15.9 Å². The molecule has 1 aromatic carbocycles. The number of nitrogens with one attached hydrogen (secondary N) is 2. The van der Waals surface area contributed by atoms with Gasteiger partial charge in [0, 0.05) is 31.1 Å². The Hall–Kier alpha value is -3.53. The van der Waals surface area contributed by atoms with Gasteiger partial charge in [-0.15, -0.1) is 0 Å². The SMILES string of the molecule is CNc1cc(F)cc2c1[nH]c1nc(Oc3cnc(C)nc3)nc(N3CCC(N)CC3C)c12. The van der Waals surface area contributed by atoms with Gasteiger partial charge >= 0.3 is 6.01 Å². The predicted molar refractivity (Wildman–Crippen MR) is 122 cm³/mol. The molecule has 0 spiro atoms. The van der Waals surface area contributed by atoms with E-state index in [0.717, 1.165) is 30.3 Å². The zero-order chi connectivity index (χ0) is 22.4. The first-order valence-corrected chi connectivity index (χ1v) is 10.6. The number of aryl methyl sites for hydroxylation is 1. The Labute approximate surface area is 184 Å². The molecule has 1 saturated heterocycles. The van der Waals surface area contributed by atoms with Gasteiger partial charge in [0.2, 0.25) is 0 Å². The summed E-state index contributed by atoms with van der Waals surface area (Å²) in [5.74, 6) is 1.44. The zero-order valence-electron chi connectivity index (χ0n) is 18.2. The maximum Gasteiger partial charge on any atom is 0.326 e. The number of hydrogen-bond donors (Lipinski definition) is 3. The van der Waals surface area contributed by atoms with Gasteiger partial charge in [-0.3, -0.25) is 0 Å². The fraction of sp³-hybridized carbons (Fsp3) is 0.364. The van der Waals surface area contributed by atoms with Gasteiger partial charge in [-0.25, -0.2) is 14.4 Å². The van der Waals surface area contributed by atoms with E-state index in [1.165, 1.54) is 12.1 Å². The summed E-state index contributed by atoms with van der Waals surface area (Å²) in [5.41, 5.74) is 8.16. The van der Waals surface area contributed by atoms with Gasteiger partial charge in [0.1, 0.15) is 23.1 Å². The number of benzene rings is 1. The lowest BCUT2D eigenvalue weighted by Gasteiger charge is -2.37. The maximum atomic E-state index is 14.4. The van der Waals surface area contributed by atoms with Crippen molar-refractivity contribution < 1.29 is 9.13 Å². The molecule has 3 aromatic heterocycles. The summed E-state index contributed by atoms with van der Waals surface area (Å²) in [6, 6.07) is 3.44. The van der Waals surface area contributed by atoms with E-state index in [4.69, 9.17) is 15.5 Å². The van der Waals surface area contributed by atoms with Crippen LogP contribution in [-0.2, 0) is 0 Å². The third-order valence-corrected chi connectivity index (χ3v) is 5.91. The number of aromatic nitrogens is 5. The Kier molecular flexibility index (Phi) is 5.01. The summed E-state index contributed by atoms with van der Waals surface area (Å²) >= 11 is 0. The van der Waals surface area contributed by atoms with Crippen molar-refractivity contribution in [2.24, 2.45) is 5.73 Å². The summed E-state index contributed by atoms with van der Waals surface area (Å²) in [7, 11) is 1.76. The summed E-state index contributed by atoms with van der Waals surface area (Å²) in [6.45, 7) is 4.66. The molecule has 4 N–H and O–H groups in total. The molecule has 1 aliphatic rings. The lowest BCUT2D eigenvalue weighted by atomic mass is 9.98. The minimum atomic E-state index is -0.334. The van der Waals surface area contributed by atoms with Crippen LogP contribution in [0.5, 0.6) is 11.8 Å². The van der Waals surface area contributed by atoms with Gasteiger partial charge < -0.3 is 25.7 Å². The second-order valence-electron chi connectivity index (χ2n) is 8.20. The fourth-order valence-electron chi connectivity index (χ4n) is 4.34. The van der Waals surface area contributed by atoms with Gasteiger partial charge in [0.25, 0.3) is 0 Å². The first kappa shape index (κ1) is 20.4. The Morgan fingerprint density at radius 3 is 2.75 bits per heavy atom. The van der Waals surface area contributed by atoms with Crippen molar-refractivity contribution in [3.05, 3.63) is 36.2 Å². The molecule has 0 saturated carbocycles. The quantitative estimate of drug-likeness (QED) is 0.445. The minimum Gasteiger partial charge on any atom is -0.421 e. The summed E-state index contributed by atoms with van der Waals surface area (Å²) in [6.07, 6.45) is 4.85. The molecule has 0 amide bonds. The number of H-pyrrole nitrogens is 1. The molecule has 0 radical (unpaired) electrons. The molecular weight excluding hydrogens is 411 g/mol. The van der Waals surface area contributed by atoms with E-state index in [0.29, 0.717) is 34.1 Å². The Morgan fingerprint density at radius 2 is 2.03 bits per heavy atom. The second kappa shape index (κ2) is 7.86. The van der Waals surface area contributed by atoms with Crippen molar-refractivity contribution in [1.29, 1.82) is 0 Å². The van der Waals surface area contributed by atoms with Crippen LogP contribution in [0.15, 0.2) is 24.5 Å². The lowest BCUT2D eigenvalue weighted by molar-refractivity contribution is 0.418. The van der Waals surface area contributed by atoms with Crippen molar-refractivity contribution in [3.63, 3.8) is 0 Å². The molecule has 9 nitrogen and oxygen atoms in total. The number of halogens is 1. The van der Waals surface area contributed by atoms with Crippen LogP contribution in [0.3, 0.4) is 0 Å². The molecule has 32 heavy (non-hydrogen) atoms. The number of rotatable bonds is 4. The average molecular weight is 436 g/mol. The van der Waals surface area contributed by atoms with Gasteiger partial charge in [0.15, 0.2) is 5.75 Å². The molecule has 2 unspecified atom stereocenters. The standard InChI is InChI=1S/C22H25FN8O/c1-11-6-14(24)4-5-31(11)21-18-16-7-13(23)8-17(25-3)19(16)28-20(18)29-22(30-21)32-15-9-26-12(2)27-10-15/h7-11,14,25H,4-6,24H2,1-3H3,(H,28,29,30). The number of aromatic amines is 1. The first-order chi connectivity index (χ1) is 15.4. The van der Waals surface area contributed by atoms with Crippen LogP contribution >= 0.6 is 0 Å². The summed E-state index contributed by atoms with van der Waals surface area (Å²) in [4.78, 5) is 23.2. The molecule has 0 bridgehead atoms. The Morgan fingerprint density at radius 1 is 1.25 bits per heavy atom. The van der Waals surface area contributed by atoms with E-state index >= 15 is 0 Å².